The molecule has 10 heteroatoms. The number of carbonyl (C=O) groups is 2. The number of piperidine rings is 1. The minimum Gasteiger partial charge on any atom is -0.376 e. The number of hydrogen-bond donors (Lipinski definition) is 1. The van der Waals surface area contributed by atoms with Gasteiger partial charge in [-0.05, 0) is 38.5 Å². The molecule has 2 amide bonds. The Hall–Kier alpha value is -1.45. The number of hydrogen-bond acceptors (Lipinski definition) is 3. The van der Waals surface area contributed by atoms with Gasteiger partial charge < -0.3 is 15.0 Å². The van der Waals surface area contributed by atoms with Gasteiger partial charge in [0.15, 0.2) is 0 Å². The maximum Gasteiger partial charge on any atom is 0.391 e. The maximum atomic E-state index is 13.3. The van der Waals surface area contributed by atoms with Crippen molar-refractivity contribution in [3.8, 4) is 0 Å². The summed E-state index contributed by atoms with van der Waals surface area (Å²) in [5, 5.41) is 2.52. The number of carbonyl (C=O) groups excluding carboxylic acids is 2. The molecular weight excluding hydrogens is 423 g/mol. The Morgan fingerprint density at radius 2 is 1.61 bits per heavy atom. The van der Waals surface area contributed by atoms with Crippen molar-refractivity contribution in [2.75, 3.05) is 19.7 Å². The van der Waals surface area contributed by atoms with Gasteiger partial charge in [0, 0.05) is 39.5 Å². The minimum absolute atomic E-state index is 0.0382. The van der Waals surface area contributed by atoms with Gasteiger partial charge in [-0.3, -0.25) is 9.59 Å². The SMILES string of the molecule is CC.CC(=O)NC(C(=O)N1CCC(C(F)(F)F)CC1)C(C)OCC1CCC(F)(F)CC1. The first-order chi connectivity index (χ1) is 14.4. The van der Waals surface area contributed by atoms with Gasteiger partial charge in [-0.15, -0.1) is 0 Å². The lowest BCUT2D eigenvalue weighted by molar-refractivity contribution is -0.187. The summed E-state index contributed by atoms with van der Waals surface area (Å²) in [6.45, 7) is 6.95. The van der Waals surface area contributed by atoms with E-state index < -0.39 is 42.0 Å². The molecular formula is C21H35F5N2O3. The highest BCUT2D eigenvalue weighted by Crippen LogP contribution is 2.36. The van der Waals surface area contributed by atoms with Crippen molar-refractivity contribution in [3.63, 3.8) is 0 Å². The van der Waals surface area contributed by atoms with Crippen molar-refractivity contribution < 1.29 is 36.3 Å². The Bertz CT molecular complexity index is 568. The zero-order valence-corrected chi connectivity index (χ0v) is 18.7. The Morgan fingerprint density at radius 1 is 1.10 bits per heavy atom. The van der Waals surface area contributed by atoms with Gasteiger partial charge in [-0.2, -0.15) is 13.2 Å². The normalized spacial score (nSPS) is 22.2. The van der Waals surface area contributed by atoms with Crippen molar-refractivity contribution in [1.82, 2.24) is 10.2 Å². The smallest absolute Gasteiger partial charge is 0.376 e. The average molecular weight is 459 g/mol. The van der Waals surface area contributed by atoms with Gasteiger partial charge in [0.25, 0.3) is 0 Å². The third-order valence-electron chi connectivity index (χ3n) is 5.80. The maximum absolute atomic E-state index is 13.3. The fraction of sp³-hybridized carbons (Fsp3) is 0.905. The van der Waals surface area contributed by atoms with Crippen LogP contribution >= 0.6 is 0 Å². The number of nitrogens with zero attached hydrogens (tertiary/aromatic N) is 1. The second-order valence-corrected chi connectivity index (χ2v) is 8.16. The molecule has 0 aromatic rings. The summed E-state index contributed by atoms with van der Waals surface area (Å²) in [6, 6.07) is -1.03. The van der Waals surface area contributed by atoms with E-state index in [9.17, 15) is 31.5 Å². The predicted molar refractivity (Wildman–Crippen MR) is 107 cm³/mol. The lowest BCUT2D eigenvalue weighted by Crippen LogP contribution is -2.56. The summed E-state index contributed by atoms with van der Waals surface area (Å²) in [7, 11) is 0. The standard InChI is InChI=1S/C19H29F5N2O3.C2H6/c1-12(29-11-14-3-7-18(20,21)8-4-14)16(25-13(2)27)17(28)26-9-5-15(6-10-26)19(22,23)24;1-2/h12,14-16H,3-11H2,1-2H3,(H,25,27);1-2H3. The number of likely N-dealkylation sites (tertiary alicyclic amines) is 1. The van der Waals surface area contributed by atoms with Crippen LogP contribution in [0.1, 0.15) is 66.2 Å². The van der Waals surface area contributed by atoms with Crippen molar-refractivity contribution in [1.29, 1.82) is 0 Å². The van der Waals surface area contributed by atoms with E-state index in [1.165, 1.54) is 11.8 Å². The van der Waals surface area contributed by atoms with Gasteiger partial charge in [-0.1, -0.05) is 13.8 Å². The number of nitrogens with one attached hydrogen (secondary N) is 1. The van der Waals surface area contributed by atoms with E-state index in [1.807, 2.05) is 13.8 Å². The van der Waals surface area contributed by atoms with Crippen molar-refractivity contribution >= 4 is 11.8 Å². The Balaban J connectivity index is 0.00000233. The molecule has 1 heterocycles. The molecule has 2 atom stereocenters. The second kappa shape index (κ2) is 12.0. The number of ether oxygens (including phenoxy) is 1. The van der Waals surface area contributed by atoms with Gasteiger partial charge >= 0.3 is 6.18 Å². The zero-order valence-electron chi connectivity index (χ0n) is 18.7. The van der Waals surface area contributed by atoms with Crippen LogP contribution in [-0.4, -0.2) is 60.7 Å². The van der Waals surface area contributed by atoms with Gasteiger partial charge in [0.05, 0.1) is 12.0 Å². The van der Waals surface area contributed by atoms with E-state index in [0.29, 0.717) is 12.8 Å². The van der Waals surface area contributed by atoms with Crippen molar-refractivity contribution in [2.45, 2.75) is 90.5 Å². The molecule has 1 saturated carbocycles. The van der Waals surface area contributed by atoms with Gasteiger partial charge in [0.2, 0.25) is 17.7 Å². The highest BCUT2D eigenvalue weighted by molar-refractivity contribution is 5.87. The Morgan fingerprint density at radius 3 is 2.06 bits per heavy atom. The van der Waals surface area contributed by atoms with Crippen LogP contribution < -0.4 is 5.32 Å². The van der Waals surface area contributed by atoms with Crippen molar-refractivity contribution in [2.24, 2.45) is 11.8 Å². The highest BCUT2D eigenvalue weighted by atomic mass is 19.4. The monoisotopic (exact) mass is 458 g/mol. The van der Waals surface area contributed by atoms with E-state index in [4.69, 9.17) is 4.74 Å². The van der Waals surface area contributed by atoms with Crippen molar-refractivity contribution in [3.05, 3.63) is 0 Å². The van der Waals surface area contributed by atoms with E-state index in [2.05, 4.69) is 5.32 Å². The molecule has 182 valence electrons. The molecule has 2 rings (SSSR count). The fourth-order valence-electron chi connectivity index (χ4n) is 3.87. The third kappa shape index (κ3) is 8.90. The van der Waals surface area contributed by atoms with Crippen LogP contribution in [0, 0.1) is 11.8 Å². The molecule has 1 aliphatic carbocycles. The topological polar surface area (TPSA) is 58.6 Å². The first-order valence-corrected chi connectivity index (χ1v) is 11.0. The molecule has 1 N–H and O–H groups in total. The minimum atomic E-state index is -4.28. The van der Waals surface area contributed by atoms with Crippen LogP contribution in [0.4, 0.5) is 22.0 Å². The van der Waals surface area contributed by atoms with E-state index in [1.54, 1.807) is 6.92 Å². The first-order valence-electron chi connectivity index (χ1n) is 11.0. The summed E-state index contributed by atoms with van der Waals surface area (Å²) >= 11 is 0. The largest absolute Gasteiger partial charge is 0.391 e. The Kier molecular flexibility index (Phi) is 10.6. The summed E-state index contributed by atoms with van der Waals surface area (Å²) in [5.41, 5.74) is 0. The number of alkyl halides is 5. The molecule has 5 nitrogen and oxygen atoms in total. The number of rotatable bonds is 6. The quantitative estimate of drug-likeness (QED) is 0.594. The molecule has 0 aromatic carbocycles. The molecule has 2 fully saturated rings. The fourth-order valence-corrected chi connectivity index (χ4v) is 3.87. The van der Waals surface area contributed by atoms with E-state index >= 15 is 0 Å². The summed E-state index contributed by atoms with van der Waals surface area (Å²) in [5.74, 6) is -5.05. The van der Waals surface area contributed by atoms with Gasteiger partial charge in [0.1, 0.15) is 6.04 Å². The average Bonchev–Trinajstić information content (AvgIpc) is 2.71. The van der Waals surface area contributed by atoms with Crippen LogP contribution in [0.2, 0.25) is 0 Å². The lowest BCUT2D eigenvalue weighted by atomic mass is 9.87. The molecule has 0 radical (unpaired) electrons. The van der Waals surface area contributed by atoms with Crippen LogP contribution in [0.3, 0.4) is 0 Å². The highest BCUT2D eigenvalue weighted by Gasteiger charge is 2.43. The van der Waals surface area contributed by atoms with Crippen LogP contribution in [-0.2, 0) is 14.3 Å². The van der Waals surface area contributed by atoms with Crippen LogP contribution in [0.5, 0.6) is 0 Å². The zero-order chi connectivity index (χ0) is 23.8. The van der Waals surface area contributed by atoms with Crippen LogP contribution in [0.15, 0.2) is 0 Å². The summed E-state index contributed by atoms with van der Waals surface area (Å²) in [6.07, 6.45) is -5.10. The van der Waals surface area contributed by atoms with E-state index in [-0.39, 0.29) is 51.3 Å². The molecule has 2 unspecified atom stereocenters. The lowest BCUT2D eigenvalue weighted by Gasteiger charge is -2.36. The predicted octanol–water partition coefficient (Wildman–Crippen LogP) is 4.55. The Labute approximate surface area is 181 Å². The molecule has 0 aromatic heterocycles. The number of halogens is 5. The molecule has 1 saturated heterocycles. The first kappa shape index (κ1) is 27.6. The third-order valence-corrected chi connectivity index (χ3v) is 5.80. The summed E-state index contributed by atoms with van der Waals surface area (Å²) in [4.78, 5) is 25.7. The molecule has 0 bridgehead atoms. The second-order valence-electron chi connectivity index (χ2n) is 8.16. The molecule has 2 aliphatic rings. The number of amides is 2. The summed E-state index contributed by atoms with van der Waals surface area (Å²) < 4.78 is 70.7. The van der Waals surface area contributed by atoms with Crippen LogP contribution in [0.25, 0.3) is 0 Å². The molecule has 0 spiro atoms. The molecule has 31 heavy (non-hydrogen) atoms. The van der Waals surface area contributed by atoms with E-state index in [0.717, 1.165) is 0 Å². The van der Waals surface area contributed by atoms with Gasteiger partial charge in [-0.25, -0.2) is 8.78 Å². The molecule has 1 aliphatic heterocycles.